The number of aliphatic carboxylic acids is 1. The van der Waals surface area contributed by atoms with Crippen molar-refractivity contribution in [1.29, 1.82) is 0 Å². The zero-order valence-corrected chi connectivity index (χ0v) is 12.4. The summed E-state index contributed by atoms with van der Waals surface area (Å²) in [6.07, 6.45) is 0.927. The number of carbonyl (C=O) groups is 2. The van der Waals surface area contributed by atoms with Crippen LogP contribution in [-0.2, 0) is 14.3 Å². The Morgan fingerprint density at radius 1 is 1.50 bits per heavy atom. The van der Waals surface area contributed by atoms with Crippen LogP contribution in [0.2, 0.25) is 0 Å². The predicted molar refractivity (Wildman–Crippen MR) is 76.3 cm³/mol. The first-order valence-corrected chi connectivity index (χ1v) is 7.25. The van der Waals surface area contributed by atoms with Crippen molar-refractivity contribution >= 4 is 27.8 Å². The average molecular weight is 342 g/mol. The number of halogens is 1. The molecule has 1 unspecified atom stereocenters. The third-order valence-corrected chi connectivity index (χ3v) is 3.66. The fourth-order valence-corrected chi connectivity index (χ4v) is 2.62. The third-order valence-electron chi connectivity index (χ3n) is 3.17. The summed E-state index contributed by atoms with van der Waals surface area (Å²) >= 11 is 3.34. The summed E-state index contributed by atoms with van der Waals surface area (Å²) in [6.45, 7) is 0.582. The Morgan fingerprint density at radius 3 is 2.90 bits per heavy atom. The average Bonchev–Trinajstić information content (AvgIpc) is 2.91. The highest BCUT2D eigenvalue weighted by Crippen LogP contribution is 2.22. The smallest absolute Gasteiger partial charge is 0.305 e. The van der Waals surface area contributed by atoms with Crippen molar-refractivity contribution in [1.82, 2.24) is 5.32 Å². The SMILES string of the molecule is O=C(O)CC(NC(=O)[C@@H]1CCCO1)c1cccc(Br)c1. The number of ether oxygens (including phenoxy) is 1. The van der Waals surface area contributed by atoms with Gasteiger partial charge in [-0.05, 0) is 30.5 Å². The fraction of sp³-hybridized carbons (Fsp3) is 0.429. The second kappa shape index (κ2) is 6.85. The predicted octanol–water partition coefficient (Wildman–Crippen LogP) is 2.26. The first-order chi connectivity index (χ1) is 9.56. The summed E-state index contributed by atoms with van der Waals surface area (Å²) < 4.78 is 6.16. The van der Waals surface area contributed by atoms with Crippen LogP contribution >= 0.6 is 15.9 Å². The molecule has 5 nitrogen and oxygen atoms in total. The lowest BCUT2D eigenvalue weighted by Crippen LogP contribution is -2.37. The molecule has 1 heterocycles. The molecule has 1 amide bonds. The molecule has 2 rings (SSSR count). The molecule has 0 radical (unpaired) electrons. The molecule has 1 saturated heterocycles. The number of amides is 1. The van der Waals surface area contributed by atoms with Gasteiger partial charge >= 0.3 is 5.97 Å². The molecule has 108 valence electrons. The number of benzene rings is 1. The van der Waals surface area contributed by atoms with Gasteiger partial charge in [-0.15, -0.1) is 0 Å². The highest BCUT2D eigenvalue weighted by atomic mass is 79.9. The van der Waals surface area contributed by atoms with Crippen LogP contribution in [0.25, 0.3) is 0 Å². The van der Waals surface area contributed by atoms with E-state index in [2.05, 4.69) is 21.2 Å². The van der Waals surface area contributed by atoms with Crippen LogP contribution in [0.5, 0.6) is 0 Å². The minimum Gasteiger partial charge on any atom is -0.481 e. The second-order valence-electron chi connectivity index (χ2n) is 4.72. The van der Waals surface area contributed by atoms with Crippen LogP contribution in [0.3, 0.4) is 0 Å². The van der Waals surface area contributed by atoms with Gasteiger partial charge in [0.05, 0.1) is 12.5 Å². The number of carbonyl (C=O) groups excluding carboxylic acids is 1. The Labute approximate surface area is 125 Å². The summed E-state index contributed by atoms with van der Waals surface area (Å²) in [7, 11) is 0. The van der Waals surface area contributed by atoms with Gasteiger partial charge in [-0.2, -0.15) is 0 Å². The van der Waals surface area contributed by atoms with Gasteiger partial charge in [0.25, 0.3) is 0 Å². The van der Waals surface area contributed by atoms with Crippen molar-refractivity contribution in [2.75, 3.05) is 6.61 Å². The van der Waals surface area contributed by atoms with E-state index in [9.17, 15) is 9.59 Å². The number of hydrogen-bond donors (Lipinski definition) is 2. The molecule has 1 aliphatic rings. The number of rotatable bonds is 5. The lowest BCUT2D eigenvalue weighted by Gasteiger charge is -2.20. The Balaban J connectivity index is 2.10. The summed E-state index contributed by atoms with van der Waals surface area (Å²) in [6, 6.07) is 6.72. The van der Waals surface area contributed by atoms with E-state index in [1.165, 1.54) is 0 Å². The molecule has 0 aliphatic carbocycles. The largest absolute Gasteiger partial charge is 0.481 e. The quantitative estimate of drug-likeness (QED) is 0.861. The Morgan fingerprint density at radius 2 is 2.30 bits per heavy atom. The lowest BCUT2D eigenvalue weighted by atomic mass is 10.0. The maximum Gasteiger partial charge on any atom is 0.305 e. The van der Waals surface area contributed by atoms with Crippen LogP contribution in [0, 0.1) is 0 Å². The number of carboxylic acid groups (broad SMARTS) is 1. The van der Waals surface area contributed by atoms with Crippen LogP contribution < -0.4 is 5.32 Å². The van der Waals surface area contributed by atoms with E-state index in [0.717, 1.165) is 16.5 Å². The van der Waals surface area contributed by atoms with E-state index >= 15 is 0 Å². The lowest BCUT2D eigenvalue weighted by molar-refractivity contribution is -0.138. The minimum atomic E-state index is -0.956. The minimum absolute atomic E-state index is 0.158. The van der Waals surface area contributed by atoms with Crippen molar-refractivity contribution < 1.29 is 19.4 Å². The molecule has 1 aliphatic heterocycles. The molecule has 1 aromatic carbocycles. The molecule has 0 spiro atoms. The van der Waals surface area contributed by atoms with Gasteiger partial charge in [0, 0.05) is 11.1 Å². The maximum atomic E-state index is 12.1. The van der Waals surface area contributed by atoms with Gasteiger partial charge in [-0.1, -0.05) is 28.1 Å². The van der Waals surface area contributed by atoms with Crippen molar-refractivity contribution in [3.63, 3.8) is 0 Å². The van der Waals surface area contributed by atoms with Crippen molar-refractivity contribution in [2.45, 2.75) is 31.4 Å². The Kier molecular flexibility index (Phi) is 5.14. The van der Waals surface area contributed by atoms with Gasteiger partial charge in [0.2, 0.25) is 5.91 Å². The molecule has 0 bridgehead atoms. The molecular formula is C14H16BrNO4. The number of hydrogen-bond acceptors (Lipinski definition) is 3. The fourth-order valence-electron chi connectivity index (χ4n) is 2.20. The summed E-state index contributed by atoms with van der Waals surface area (Å²) in [5.74, 6) is -1.20. The van der Waals surface area contributed by atoms with Crippen LogP contribution in [-0.4, -0.2) is 29.7 Å². The number of nitrogens with one attached hydrogen (secondary N) is 1. The summed E-state index contributed by atoms with van der Waals surface area (Å²) in [4.78, 5) is 23.0. The maximum absolute atomic E-state index is 12.1. The summed E-state index contributed by atoms with van der Waals surface area (Å²) in [5.41, 5.74) is 0.758. The highest BCUT2D eigenvalue weighted by Gasteiger charge is 2.27. The van der Waals surface area contributed by atoms with Crippen molar-refractivity contribution in [3.05, 3.63) is 34.3 Å². The number of carboxylic acids is 1. The van der Waals surface area contributed by atoms with Crippen molar-refractivity contribution in [2.24, 2.45) is 0 Å². The highest BCUT2D eigenvalue weighted by molar-refractivity contribution is 9.10. The standard InChI is InChI=1S/C14H16BrNO4/c15-10-4-1-3-9(7-10)11(8-13(17)18)16-14(19)12-5-2-6-20-12/h1,3-4,7,11-12H,2,5-6,8H2,(H,16,19)(H,17,18)/t11?,12-/m0/s1. The van der Waals surface area contributed by atoms with E-state index in [1.807, 2.05) is 18.2 Å². The van der Waals surface area contributed by atoms with Gasteiger partial charge < -0.3 is 15.2 Å². The molecular weight excluding hydrogens is 326 g/mol. The van der Waals surface area contributed by atoms with Crippen molar-refractivity contribution in [3.8, 4) is 0 Å². The molecule has 2 N–H and O–H groups in total. The van der Waals surface area contributed by atoms with Gasteiger partial charge in [-0.25, -0.2) is 0 Å². The molecule has 0 saturated carbocycles. The topological polar surface area (TPSA) is 75.6 Å². The normalized spacial score (nSPS) is 19.6. The molecule has 6 heteroatoms. The van der Waals surface area contributed by atoms with E-state index in [1.54, 1.807) is 6.07 Å². The van der Waals surface area contributed by atoms with Gasteiger partial charge in [0.1, 0.15) is 6.10 Å². The Hall–Kier alpha value is -1.40. The van der Waals surface area contributed by atoms with Gasteiger partial charge in [0.15, 0.2) is 0 Å². The second-order valence-corrected chi connectivity index (χ2v) is 5.63. The van der Waals surface area contributed by atoms with E-state index in [4.69, 9.17) is 9.84 Å². The zero-order valence-electron chi connectivity index (χ0n) is 10.8. The summed E-state index contributed by atoms with van der Waals surface area (Å²) in [5, 5.41) is 11.8. The van der Waals surface area contributed by atoms with E-state index in [-0.39, 0.29) is 12.3 Å². The molecule has 1 fully saturated rings. The molecule has 1 aromatic rings. The molecule has 20 heavy (non-hydrogen) atoms. The monoisotopic (exact) mass is 341 g/mol. The van der Waals surface area contributed by atoms with E-state index < -0.39 is 18.1 Å². The molecule has 2 atom stereocenters. The van der Waals surface area contributed by atoms with Gasteiger partial charge in [-0.3, -0.25) is 9.59 Å². The van der Waals surface area contributed by atoms with E-state index in [0.29, 0.717) is 13.0 Å². The Bertz CT molecular complexity index is 500. The first-order valence-electron chi connectivity index (χ1n) is 6.45. The van der Waals surface area contributed by atoms with Crippen LogP contribution in [0.15, 0.2) is 28.7 Å². The third kappa shape index (κ3) is 4.05. The first kappa shape index (κ1) is 15.0. The molecule has 0 aromatic heterocycles. The van der Waals surface area contributed by atoms with Crippen LogP contribution in [0.1, 0.15) is 30.9 Å². The van der Waals surface area contributed by atoms with Crippen LogP contribution in [0.4, 0.5) is 0 Å². The zero-order chi connectivity index (χ0) is 14.5.